The molecule has 0 bridgehead atoms. The summed E-state index contributed by atoms with van der Waals surface area (Å²) in [5, 5.41) is 0. The minimum atomic E-state index is 0.481. The maximum Gasteiger partial charge on any atom is 0.125 e. The Balaban J connectivity index is 2.96. The van der Waals surface area contributed by atoms with Crippen molar-refractivity contribution in [1.29, 1.82) is 0 Å². The Morgan fingerprint density at radius 2 is 1.88 bits per heavy atom. The van der Waals surface area contributed by atoms with E-state index in [1.54, 1.807) is 0 Å². The molecule has 17 heavy (non-hydrogen) atoms. The van der Waals surface area contributed by atoms with Gasteiger partial charge in [0.05, 0.1) is 0 Å². The van der Waals surface area contributed by atoms with Crippen molar-refractivity contribution < 1.29 is 0 Å². The third-order valence-electron chi connectivity index (χ3n) is 2.52. The van der Waals surface area contributed by atoms with Gasteiger partial charge in [0.25, 0.3) is 0 Å². The van der Waals surface area contributed by atoms with Crippen molar-refractivity contribution >= 4 is 5.57 Å². The third kappa shape index (κ3) is 3.99. The molecule has 1 aromatic heterocycles. The van der Waals surface area contributed by atoms with E-state index in [0.717, 1.165) is 17.0 Å². The van der Waals surface area contributed by atoms with Crippen molar-refractivity contribution in [2.75, 3.05) is 0 Å². The van der Waals surface area contributed by atoms with Crippen molar-refractivity contribution in [1.82, 2.24) is 9.97 Å². The molecule has 0 amide bonds. The molecule has 0 saturated carbocycles. The molecule has 2 heteroatoms. The predicted molar refractivity (Wildman–Crippen MR) is 73.5 cm³/mol. The Morgan fingerprint density at radius 3 is 2.35 bits per heavy atom. The van der Waals surface area contributed by atoms with Gasteiger partial charge in [0, 0.05) is 18.0 Å². The summed E-state index contributed by atoms with van der Waals surface area (Å²) in [6, 6.07) is 0. The normalized spacial score (nSPS) is 12.4. The molecule has 0 aliphatic rings. The van der Waals surface area contributed by atoms with Crippen molar-refractivity contribution in [3.05, 3.63) is 54.2 Å². The summed E-state index contributed by atoms with van der Waals surface area (Å²) >= 11 is 0. The van der Waals surface area contributed by atoms with Gasteiger partial charge < -0.3 is 0 Å². The van der Waals surface area contributed by atoms with E-state index < -0.39 is 0 Å². The first-order valence-electron chi connectivity index (χ1n) is 5.86. The van der Waals surface area contributed by atoms with E-state index in [-0.39, 0.29) is 0 Å². The maximum absolute atomic E-state index is 4.18. The van der Waals surface area contributed by atoms with Crippen LogP contribution in [0.3, 0.4) is 0 Å². The third-order valence-corrected chi connectivity index (χ3v) is 2.52. The van der Waals surface area contributed by atoms with Crippen molar-refractivity contribution in [3.63, 3.8) is 0 Å². The Morgan fingerprint density at radius 1 is 1.29 bits per heavy atom. The molecule has 0 aliphatic heterocycles. The Kier molecular flexibility index (Phi) is 4.83. The van der Waals surface area contributed by atoms with Crippen molar-refractivity contribution in [2.24, 2.45) is 5.92 Å². The molecular formula is C15H20N2. The van der Waals surface area contributed by atoms with E-state index in [9.17, 15) is 0 Å². The quantitative estimate of drug-likeness (QED) is 0.729. The van der Waals surface area contributed by atoms with Gasteiger partial charge in [0.15, 0.2) is 0 Å². The minimum absolute atomic E-state index is 0.481. The molecule has 0 saturated heterocycles. The molecule has 0 N–H and O–H groups in total. The minimum Gasteiger partial charge on any atom is -0.241 e. The van der Waals surface area contributed by atoms with Gasteiger partial charge in [-0.1, -0.05) is 38.7 Å². The number of aromatic nitrogens is 2. The first-order valence-corrected chi connectivity index (χ1v) is 5.86. The van der Waals surface area contributed by atoms with Gasteiger partial charge in [0.1, 0.15) is 5.82 Å². The van der Waals surface area contributed by atoms with Gasteiger partial charge in [-0.3, -0.25) is 0 Å². The van der Waals surface area contributed by atoms with Crippen molar-refractivity contribution in [3.8, 4) is 0 Å². The number of hydrogen-bond donors (Lipinski definition) is 0. The molecule has 0 radical (unpaired) electrons. The number of hydrogen-bond acceptors (Lipinski definition) is 2. The summed E-state index contributed by atoms with van der Waals surface area (Å²) in [7, 11) is 0. The van der Waals surface area contributed by atoms with Crippen LogP contribution in [0.15, 0.2) is 42.8 Å². The second-order valence-corrected chi connectivity index (χ2v) is 4.34. The summed E-state index contributed by atoms with van der Waals surface area (Å²) in [6.45, 7) is 12.3. The molecular weight excluding hydrogens is 208 g/mol. The number of allylic oxidation sites excluding steroid dienone is 5. The molecule has 90 valence electrons. The van der Waals surface area contributed by atoms with Crippen LogP contribution >= 0.6 is 0 Å². The Bertz CT molecular complexity index is 436. The van der Waals surface area contributed by atoms with Gasteiger partial charge in [-0.2, -0.15) is 0 Å². The van der Waals surface area contributed by atoms with Gasteiger partial charge in [-0.15, -0.1) is 0 Å². The van der Waals surface area contributed by atoms with Crippen LogP contribution in [0.25, 0.3) is 5.57 Å². The zero-order valence-electron chi connectivity index (χ0n) is 11.1. The van der Waals surface area contributed by atoms with Crippen LogP contribution in [0.4, 0.5) is 0 Å². The highest BCUT2D eigenvalue weighted by atomic mass is 14.8. The van der Waals surface area contributed by atoms with E-state index in [4.69, 9.17) is 0 Å². The maximum atomic E-state index is 4.18. The summed E-state index contributed by atoms with van der Waals surface area (Å²) in [5.74, 6) is 1.26. The van der Waals surface area contributed by atoms with E-state index in [2.05, 4.69) is 42.5 Å². The summed E-state index contributed by atoms with van der Waals surface area (Å²) < 4.78 is 0. The summed E-state index contributed by atoms with van der Waals surface area (Å²) in [4.78, 5) is 8.36. The second kappa shape index (κ2) is 6.14. The lowest BCUT2D eigenvalue weighted by molar-refractivity contribution is 0.792. The first-order chi connectivity index (χ1) is 8.04. The summed E-state index contributed by atoms with van der Waals surface area (Å²) in [5.41, 5.74) is 3.18. The first kappa shape index (κ1) is 13.4. The average Bonchev–Trinajstić information content (AvgIpc) is 2.29. The van der Waals surface area contributed by atoms with Crippen LogP contribution < -0.4 is 0 Å². The smallest absolute Gasteiger partial charge is 0.125 e. The van der Waals surface area contributed by atoms with Crippen LogP contribution in [0.5, 0.6) is 0 Å². The standard InChI is InChI=1S/C15H20N2/c1-6-7-14(11(2)3)8-12(4)15-9-16-13(5)17-10-15/h6-11H,4H2,1-3,5H3/b7-6-,14-8+. The highest BCUT2D eigenvalue weighted by molar-refractivity contribution is 5.72. The topological polar surface area (TPSA) is 25.8 Å². The Labute approximate surface area is 104 Å². The molecule has 0 aliphatic carbocycles. The molecule has 0 fully saturated rings. The molecule has 0 unspecified atom stereocenters. The van der Waals surface area contributed by atoms with Gasteiger partial charge in [0.2, 0.25) is 0 Å². The average molecular weight is 228 g/mol. The van der Waals surface area contributed by atoms with Crippen LogP contribution in [-0.4, -0.2) is 9.97 Å². The van der Waals surface area contributed by atoms with E-state index >= 15 is 0 Å². The fourth-order valence-corrected chi connectivity index (χ4v) is 1.44. The SMILES string of the molecule is C=C(/C=C(\C=C/C)C(C)C)c1cnc(C)nc1. The largest absolute Gasteiger partial charge is 0.241 e. The van der Waals surface area contributed by atoms with E-state index in [1.165, 1.54) is 5.57 Å². The molecule has 2 nitrogen and oxygen atoms in total. The van der Waals surface area contributed by atoms with Crippen molar-refractivity contribution in [2.45, 2.75) is 27.7 Å². The van der Waals surface area contributed by atoms with E-state index in [0.29, 0.717) is 5.92 Å². The zero-order chi connectivity index (χ0) is 12.8. The number of nitrogens with zero attached hydrogens (tertiary/aromatic N) is 2. The van der Waals surface area contributed by atoms with Crippen LogP contribution in [0, 0.1) is 12.8 Å². The zero-order valence-corrected chi connectivity index (χ0v) is 11.1. The molecule has 0 spiro atoms. The van der Waals surface area contributed by atoms with E-state index in [1.807, 2.05) is 32.3 Å². The predicted octanol–water partition coefficient (Wildman–Crippen LogP) is 3.96. The molecule has 1 heterocycles. The highest BCUT2D eigenvalue weighted by Gasteiger charge is 2.02. The lowest BCUT2D eigenvalue weighted by atomic mass is 9.98. The van der Waals surface area contributed by atoms with Gasteiger partial charge in [-0.05, 0) is 30.9 Å². The van der Waals surface area contributed by atoms with Gasteiger partial charge >= 0.3 is 0 Å². The molecule has 0 atom stereocenters. The lowest BCUT2D eigenvalue weighted by Crippen LogP contribution is -1.93. The lowest BCUT2D eigenvalue weighted by Gasteiger charge is -2.08. The Hall–Kier alpha value is -1.70. The monoisotopic (exact) mass is 228 g/mol. The fourth-order valence-electron chi connectivity index (χ4n) is 1.44. The summed E-state index contributed by atoms with van der Waals surface area (Å²) in [6.07, 6.45) is 9.89. The number of aryl methyl sites for hydroxylation is 1. The number of rotatable bonds is 4. The molecule has 1 aromatic rings. The van der Waals surface area contributed by atoms with Crippen LogP contribution in [0.1, 0.15) is 32.2 Å². The van der Waals surface area contributed by atoms with Gasteiger partial charge in [-0.25, -0.2) is 9.97 Å². The molecule has 1 rings (SSSR count). The fraction of sp³-hybridized carbons (Fsp3) is 0.333. The van der Waals surface area contributed by atoms with Crippen LogP contribution in [0.2, 0.25) is 0 Å². The highest BCUT2D eigenvalue weighted by Crippen LogP contribution is 2.19. The van der Waals surface area contributed by atoms with Crippen LogP contribution in [-0.2, 0) is 0 Å². The second-order valence-electron chi connectivity index (χ2n) is 4.34. The molecule has 0 aromatic carbocycles.